The summed E-state index contributed by atoms with van der Waals surface area (Å²) < 4.78 is 19.4. The number of hydrogen-bond donors (Lipinski definition) is 2. The van der Waals surface area contributed by atoms with Crippen LogP contribution in [-0.2, 0) is 0 Å². The van der Waals surface area contributed by atoms with E-state index >= 15 is 0 Å². The molecule has 0 atom stereocenters. The summed E-state index contributed by atoms with van der Waals surface area (Å²) in [5, 5.41) is 2.61. The van der Waals surface area contributed by atoms with Crippen molar-refractivity contribution >= 4 is 33.2 Å². The summed E-state index contributed by atoms with van der Waals surface area (Å²) in [6.45, 7) is 0. The van der Waals surface area contributed by atoms with Gasteiger partial charge in [-0.2, -0.15) is 0 Å². The molecule has 0 fully saturated rings. The number of anilines is 2. The Hall–Kier alpha value is -2.08. The van der Waals surface area contributed by atoms with Crippen molar-refractivity contribution < 1.29 is 13.9 Å². The summed E-state index contributed by atoms with van der Waals surface area (Å²) in [5.41, 5.74) is 6.25. The second-order valence-corrected chi connectivity index (χ2v) is 4.89. The van der Waals surface area contributed by atoms with Crippen LogP contribution in [0, 0.1) is 5.82 Å². The van der Waals surface area contributed by atoms with Crippen molar-refractivity contribution in [2.45, 2.75) is 0 Å². The van der Waals surface area contributed by atoms with E-state index in [9.17, 15) is 9.18 Å². The Kier molecular flexibility index (Phi) is 4.24. The minimum atomic E-state index is -0.629. The van der Waals surface area contributed by atoms with Crippen molar-refractivity contribution in [1.82, 2.24) is 0 Å². The van der Waals surface area contributed by atoms with E-state index in [0.717, 1.165) is 6.07 Å². The van der Waals surface area contributed by atoms with E-state index in [1.54, 1.807) is 18.2 Å². The molecule has 104 valence electrons. The zero-order valence-electron chi connectivity index (χ0n) is 10.6. The third-order valence-corrected chi connectivity index (χ3v) is 3.35. The van der Waals surface area contributed by atoms with Crippen LogP contribution in [0.25, 0.3) is 0 Å². The first-order valence-electron chi connectivity index (χ1n) is 5.71. The number of nitrogen functional groups attached to an aromatic ring is 1. The van der Waals surface area contributed by atoms with Crippen LogP contribution < -0.4 is 15.8 Å². The Bertz CT molecular complexity index is 662. The molecule has 2 rings (SSSR count). The Labute approximate surface area is 123 Å². The lowest BCUT2D eigenvalue weighted by molar-refractivity contribution is 0.102. The number of hydrogen-bond acceptors (Lipinski definition) is 3. The van der Waals surface area contributed by atoms with Gasteiger partial charge in [-0.1, -0.05) is 0 Å². The highest BCUT2D eigenvalue weighted by atomic mass is 79.9. The Morgan fingerprint density at radius 1 is 1.30 bits per heavy atom. The monoisotopic (exact) mass is 338 g/mol. The van der Waals surface area contributed by atoms with Crippen LogP contribution in [-0.4, -0.2) is 13.0 Å². The van der Waals surface area contributed by atoms with Gasteiger partial charge in [-0.3, -0.25) is 4.79 Å². The molecule has 2 aromatic carbocycles. The van der Waals surface area contributed by atoms with Gasteiger partial charge in [0, 0.05) is 16.2 Å². The molecule has 0 aromatic heterocycles. The Morgan fingerprint density at radius 2 is 2.05 bits per heavy atom. The van der Waals surface area contributed by atoms with Gasteiger partial charge in [-0.15, -0.1) is 0 Å². The molecular weight excluding hydrogens is 327 g/mol. The molecule has 20 heavy (non-hydrogen) atoms. The fourth-order valence-electron chi connectivity index (χ4n) is 1.63. The molecule has 0 bridgehead atoms. The molecule has 0 aliphatic carbocycles. The highest BCUT2D eigenvalue weighted by molar-refractivity contribution is 9.10. The SMILES string of the molecule is COc1ccc(Br)c(NC(=O)c2cc(N)ccc2F)c1. The van der Waals surface area contributed by atoms with Crippen LogP contribution in [0.15, 0.2) is 40.9 Å². The molecular formula is C14H12BrFN2O2. The van der Waals surface area contributed by atoms with Crippen molar-refractivity contribution in [3.05, 3.63) is 52.3 Å². The van der Waals surface area contributed by atoms with Crippen molar-refractivity contribution in [2.24, 2.45) is 0 Å². The van der Waals surface area contributed by atoms with Crippen molar-refractivity contribution in [3.8, 4) is 5.75 Å². The van der Waals surface area contributed by atoms with Gasteiger partial charge in [-0.25, -0.2) is 4.39 Å². The number of benzene rings is 2. The molecule has 0 saturated heterocycles. The lowest BCUT2D eigenvalue weighted by atomic mass is 10.1. The maximum atomic E-state index is 13.6. The number of methoxy groups -OCH3 is 1. The molecule has 0 saturated carbocycles. The first-order valence-corrected chi connectivity index (χ1v) is 6.50. The highest BCUT2D eigenvalue weighted by Crippen LogP contribution is 2.27. The first kappa shape index (κ1) is 14.3. The molecule has 0 spiro atoms. The van der Waals surface area contributed by atoms with Crippen LogP contribution >= 0.6 is 15.9 Å². The molecule has 0 radical (unpaired) electrons. The first-order chi connectivity index (χ1) is 9.51. The predicted molar refractivity (Wildman–Crippen MR) is 79.5 cm³/mol. The van der Waals surface area contributed by atoms with Gasteiger partial charge in [-0.05, 0) is 46.3 Å². The van der Waals surface area contributed by atoms with Gasteiger partial charge in [0.15, 0.2) is 0 Å². The number of nitrogens with one attached hydrogen (secondary N) is 1. The molecule has 6 heteroatoms. The number of halogens is 2. The fraction of sp³-hybridized carbons (Fsp3) is 0.0714. The number of amides is 1. The third kappa shape index (κ3) is 3.08. The number of ether oxygens (including phenoxy) is 1. The minimum Gasteiger partial charge on any atom is -0.497 e. The van der Waals surface area contributed by atoms with Crippen LogP contribution in [0.1, 0.15) is 10.4 Å². The maximum absolute atomic E-state index is 13.6. The standard InChI is InChI=1S/C14H12BrFN2O2/c1-20-9-3-4-11(15)13(7-9)18-14(19)10-6-8(17)2-5-12(10)16/h2-7H,17H2,1H3,(H,18,19). The van der Waals surface area contributed by atoms with Crippen molar-refractivity contribution in [2.75, 3.05) is 18.2 Å². The van der Waals surface area contributed by atoms with E-state index in [0.29, 0.717) is 21.6 Å². The summed E-state index contributed by atoms with van der Waals surface area (Å²) in [6.07, 6.45) is 0. The van der Waals surface area contributed by atoms with E-state index in [2.05, 4.69) is 21.2 Å². The van der Waals surface area contributed by atoms with E-state index in [4.69, 9.17) is 10.5 Å². The second kappa shape index (κ2) is 5.92. The summed E-state index contributed by atoms with van der Waals surface area (Å²) in [6, 6.07) is 8.94. The van der Waals surface area contributed by atoms with Crippen LogP contribution in [0.5, 0.6) is 5.75 Å². The number of nitrogens with two attached hydrogens (primary N) is 1. The molecule has 4 nitrogen and oxygen atoms in total. The number of carbonyl (C=O) groups excluding carboxylic acids is 1. The molecule has 1 amide bonds. The van der Waals surface area contributed by atoms with E-state index in [1.165, 1.54) is 19.2 Å². The molecule has 0 aliphatic rings. The van der Waals surface area contributed by atoms with E-state index in [-0.39, 0.29) is 5.56 Å². The second-order valence-electron chi connectivity index (χ2n) is 4.04. The quantitative estimate of drug-likeness (QED) is 0.842. The largest absolute Gasteiger partial charge is 0.497 e. The lowest BCUT2D eigenvalue weighted by Crippen LogP contribution is -2.14. The van der Waals surface area contributed by atoms with Gasteiger partial charge < -0.3 is 15.8 Å². The molecule has 0 heterocycles. The Morgan fingerprint density at radius 3 is 2.75 bits per heavy atom. The normalized spacial score (nSPS) is 10.2. The van der Waals surface area contributed by atoms with Gasteiger partial charge in [0.25, 0.3) is 5.91 Å². The van der Waals surface area contributed by atoms with Gasteiger partial charge in [0.05, 0.1) is 18.4 Å². The summed E-state index contributed by atoms with van der Waals surface area (Å²) in [5.74, 6) is -0.629. The fourth-order valence-corrected chi connectivity index (χ4v) is 1.98. The third-order valence-electron chi connectivity index (χ3n) is 2.66. The van der Waals surface area contributed by atoms with Crippen LogP contribution in [0.3, 0.4) is 0 Å². The summed E-state index contributed by atoms with van der Waals surface area (Å²) in [4.78, 5) is 12.1. The molecule has 2 aromatic rings. The number of carbonyl (C=O) groups is 1. The summed E-state index contributed by atoms with van der Waals surface area (Å²) in [7, 11) is 1.52. The average Bonchev–Trinajstić information content (AvgIpc) is 2.43. The minimum absolute atomic E-state index is 0.111. The van der Waals surface area contributed by atoms with Crippen LogP contribution in [0.2, 0.25) is 0 Å². The van der Waals surface area contributed by atoms with Gasteiger partial charge in [0.1, 0.15) is 11.6 Å². The highest BCUT2D eigenvalue weighted by Gasteiger charge is 2.14. The van der Waals surface area contributed by atoms with Crippen molar-refractivity contribution in [3.63, 3.8) is 0 Å². The molecule has 0 unspecified atom stereocenters. The van der Waals surface area contributed by atoms with Gasteiger partial charge >= 0.3 is 0 Å². The molecule has 0 aliphatic heterocycles. The smallest absolute Gasteiger partial charge is 0.258 e. The zero-order valence-corrected chi connectivity index (χ0v) is 12.2. The maximum Gasteiger partial charge on any atom is 0.258 e. The number of rotatable bonds is 3. The molecule has 3 N–H and O–H groups in total. The van der Waals surface area contributed by atoms with E-state index < -0.39 is 11.7 Å². The predicted octanol–water partition coefficient (Wildman–Crippen LogP) is 3.43. The summed E-state index contributed by atoms with van der Waals surface area (Å²) >= 11 is 3.30. The zero-order chi connectivity index (χ0) is 14.7. The van der Waals surface area contributed by atoms with Crippen molar-refractivity contribution in [1.29, 1.82) is 0 Å². The Balaban J connectivity index is 2.30. The van der Waals surface area contributed by atoms with Crippen LogP contribution in [0.4, 0.5) is 15.8 Å². The van der Waals surface area contributed by atoms with E-state index in [1.807, 2.05) is 0 Å². The lowest BCUT2D eigenvalue weighted by Gasteiger charge is -2.10. The van der Waals surface area contributed by atoms with Gasteiger partial charge in [0.2, 0.25) is 0 Å². The topological polar surface area (TPSA) is 64.3 Å². The average molecular weight is 339 g/mol.